The summed E-state index contributed by atoms with van der Waals surface area (Å²) in [4.78, 5) is 0. The molecule has 12 heavy (non-hydrogen) atoms. The molecule has 0 saturated heterocycles. The van der Waals surface area contributed by atoms with E-state index in [1.54, 1.807) is 6.07 Å². The summed E-state index contributed by atoms with van der Waals surface area (Å²) < 4.78 is 17.2. The normalized spacial score (nSPS) is 12.2. The van der Waals surface area contributed by atoms with Gasteiger partial charge in [-0.25, -0.2) is 4.39 Å². The molecule has 1 rings (SSSR count). The zero-order valence-corrected chi connectivity index (χ0v) is 7.73. The fourth-order valence-electron chi connectivity index (χ4n) is 0.860. The van der Waals surface area contributed by atoms with Gasteiger partial charge < -0.3 is 10.2 Å². The van der Waals surface area contributed by atoms with Gasteiger partial charge in [-0.3, -0.25) is 0 Å². The number of rotatable bonds is 3. The third-order valence-corrected chi connectivity index (χ3v) is 1.56. The van der Waals surface area contributed by atoms with Crippen molar-refractivity contribution in [2.24, 2.45) is 5.73 Å². The number of nitrogens with two attached hydrogens (primary N) is 1. The topological polar surface area (TPSA) is 39.2 Å². The number of hydrogen-bond acceptors (Lipinski definition) is 2. The summed E-state index contributed by atoms with van der Waals surface area (Å²) in [5.41, 5.74) is 5.39. The first-order chi connectivity index (χ1) is 5.27. The van der Waals surface area contributed by atoms with Crippen LogP contribution in [-0.2, 0) is 6.42 Å². The van der Waals surface area contributed by atoms with Gasteiger partial charge in [0.15, 0.2) is 0 Å². The Hall–Kier alpha value is -0.540. The second-order valence-corrected chi connectivity index (χ2v) is 2.42. The second kappa shape index (κ2) is 5.17. The van der Waals surface area contributed by atoms with Crippen molar-refractivity contribution in [3.8, 4) is 0 Å². The van der Waals surface area contributed by atoms with Crippen LogP contribution in [0.1, 0.15) is 24.5 Å². The maximum Gasteiger partial charge on any atom is 0.123 e. The van der Waals surface area contributed by atoms with Crippen LogP contribution >= 0.6 is 12.4 Å². The lowest BCUT2D eigenvalue weighted by molar-refractivity contribution is 0.370. The fourth-order valence-corrected chi connectivity index (χ4v) is 0.860. The first kappa shape index (κ1) is 11.5. The highest BCUT2D eigenvalue weighted by molar-refractivity contribution is 5.85. The molecule has 0 radical (unpaired) electrons. The van der Waals surface area contributed by atoms with Crippen molar-refractivity contribution in [2.45, 2.75) is 19.4 Å². The van der Waals surface area contributed by atoms with E-state index < -0.39 is 12.7 Å². The minimum Gasteiger partial charge on any atom is -0.464 e. The van der Waals surface area contributed by atoms with Gasteiger partial charge in [-0.2, -0.15) is 0 Å². The molecule has 0 aliphatic rings. The van der Waals surface area contributed by atoms with Crippen LogP contribution in [0.15, 0.2) is 16.5 Å². The van der Waals surface area contributed by atoms with Crippen LogP contribution in [0.2, 0.25) is 0 Å². The third-order valence-electron chi connectivity index (χ3n) is 1.56. The van der Waals surface area contributed by atoms with Crippen molar-refractivity contribution in [3.05, 3.63) is 23.7 Å². The average molecular weight is 194 g/mol. The van der Waals surface area contributed by atoms with Gasteiger partial charge in [0, 0.05) is 6.42 Å². The molecule has 0 saturated carbocycles. The van der Waals surface area contributed by atoms with Crippen LogP contribution in [0.5, 0.6) is 0 Å². The van der Waals surface area contributed by atoms with Gasteiger partial charge in [0.05, 0.1) is 6.04 Å². The van der Waals surface area contributed by atoms with Crippen molar-refractivity contribution in [1.29, 1.82) is 0 Å². The van der Waals surface area contributed by atoms with E-state index in [0.29, 0.717) is 5.76 Å². The lowest BCUT2D eigenvalue weighted by atomic mass is 10.3. The summed E-state index contributed by atoms with van der Waals surface area (Å²) in [6.07, 6.45) is 0.818. The van der Waals surface area contributed by atoms with Crippen LogP contribution < -0.4 is 5.73 Å². The molecule has 1 heterocycles. The molecule has 0 unspecified atom stereocenters. The highest BCUT2D eigenvalue weighted by Gasteiger charge is 2.08. The minimum absolute atomic E-state index is 0. The SMILES string of the molecule is CCc1ccc([C@H](N)CF)o1.Cl. The summed E-state index contributed by atoms with van der Waals surface area (Å²) in [6, 6.07) is 2.95. The van der Waals surface area contributed by atoms with Gasteiger partial charge in [0.2, 0.25) is 0 Å². The molecule has 2 N–H and O–H groups in total. The summed E-state index contributed by atoms with van der Waals surface area (Å²) in [5.74, 6) is 1.38. The summed E-state index contributed by atoms with van der Waals surface area (Å²) in [6.45, 7) is 1.40. The van der Waals surface area contributed by atoms with E-state index in [1.807, 2.05) is 13.0 Å². The maximum absolute atomic E-state index is 12.0. The molecule has 1 atom stereocenters. The van der Waals surface area contributed by atoms with Gasteiger partial charge in [-0.1, -0.05) is 6.92 Å². The predicted molar refractivity (Wildman–Crippen MR) is 48.2 cm³/mol. The number of furan rings is 1. The van der Waals surface area contributed by atoms with Crippen molar-refractivity contribution >= 4 is 12.4 Å². The Labute approximate surface area is 77.3 Å². The molecule has 1 aromatic rings. The highest BCUT2D eigenvalue weighted by atomic mass is 35.5. The van der Waals surface area contributed by atoms with Crippen molar-refractivity contribution < 1.29 is 8.81 Å². The van der Waals surface area contributed by atoms with Crippen LogP contribution in [0.4, 0.5) is 4.39 Å². The summed E-state index contributed by atoms with van der Waals surface area (Å²) in [5, 5.41) is 0. The molecule has 1 aromatic heterocycles. The van der Waals surface area contributed by atoms with Crippen LogP contribution in [0.3, 0.4) is 0 Å². The Morgan fingerprint density at radius 1 is 1.58 bits per heavy atom. The van der Waals surface area contributed by atoms with E-state index in [4.69, 9.17) is 10.2 Å². The van der Waals surface area contributed by atoms with Gasteiger partial charge >= 0.3 is 0 Å². The molecule has 4 heteroatoms. The van der Waals surface area contributed by atoms with Crippen molar-refractivity contribution in [2.75, 3.05) is 6.67 Å². The van der Waals surface area contributed by atoms with E-state index >= 15 is 0 Å². The Kier molecular flexibility index (Phi) is 4.93. The minimum atomic E-state index is -0.602. The second-order valence-electron chi connectivity index (χ2n) is 2.42. The molecule has 0 amide bonds. The first-order valence-electron chi connectivity index (χ1n) is 3.68. The summed E-state index contributed by atoms with van der Waals surface area (Å²) in [7, 11) is 0. The Bertz CT molecular complexity index is 227. The molecule has 0 fully saturated rings. The highest BCUT2D eigenvalue weighted by Crippen LogP contribution is 2.14. The van der Waals surface area contributed by atoms with Crippen LogP contribution in [-0.4, -0.2) is 6.67 Å². The Morgan fingerprint density at radius 3 is 2.67 bits per heavy atom. The third kappa shape index (κ3) is 2.50. The number of aryl methyl sites for hydroxylation is 1. The van der Waals surface area contributed by atoms with Gasteiger partial charge in [0.25, 0.3) is 0 Å². The van der Waals surface area contributed by atoms with E-state index in [9.17, 15) is 4.39 Å². The molecular weight excluding hydrogens is 181 g/mol. The number of hydrogen-bond donors (Lipinski definition) is 1. The molecule has 70 valence electrons. The molecular formula is C8H13ClFNO. The monoisotopic (exact) mass is 193 g/mol. The van der Waals surface area contributed by atoms with Gasteiger partial charge in [-0.15, -0.1) is 12.4 Å². The number of alkyl halides is 1. The molecule has 0 aliphatic carbocycles. The summed E-state index contributed by atoms with van der Waals surface area (Å²) >= 11 is 0. The van der Waals surface area contributed by atoms with Crippen molar-refractivity contribution in [1.82, 2.24) is 0 Å². The standard InChI is InChI=1S/C8H12FNO.ClH/c1-2-6-3-4-8(11-6)7(10)5-9;/h3-4,7H,2,5,10H2,1H3;1H/t7-;/m1./s1. The lowest BCUT2D eigenvalue weighted by Crippen LogP contribution is -2.10. The molecule has 0 aliphatic heterocycles. The molecule has 0 spiro atoms. The van der Waals surface area contributed by atoms with Crippen molar-refractivity contribution in [3.63, 3.8) is 0 Å². The Morgan fingerprint density at radius 2 is 2.25 bits per heavy atom. The maximum atomic E-state index is 12.0. The van der Waals surface area contributed by atoms with Crippen LogP contribution in [0.25, 0.3) is 0 Å². The molecule has 0 bridgehead atoms. The first-order valence-corrected chi connectivity index (χ1v) is 3.68. The van der Waals surface area contributed by atoms with E-state index in [-0.39, 0.29) is 12.4 Å². The van der Waals surface area contributed by atoms with Gasteiger partial charge in [0.1, 0.15) is 18.2 Å². The smallest absolute Gasteiger partial charge is 0.123 e. The Balaban J connectivity index is 0.00000121. The lowest BCUT2D eigenvalue weighted by Gasteiger charge is -2.00. The predicted octanol–water partition coefficient (Wildman–Crippen LogP) is 2.23. The quantitative estimate of drug-likeness (QED) is 0.800. The zero-order valence-electron chi connectivity index (χ0n) is 6.92. The van der Waals surface area contributed by atoms with Crippen LogP contribution in [0, 0.1) is 0 Å². The number of halogens is 2. The average Bonchev–Trinajstić information content (AvgIpc) is 2.50. The zero-order chi connectivity index (χ0) is 8.27. The van der Waals surface area contributed by atoms with E-state index in [0.717, 1.165) is 12.2 Å². The van der Waals surface area contributed by atoms with E-state index in [1.165, 1.54) is 0 Å². The largest absolute Gasteiger partial charge is 0.464 e. The molecule has 0 aromatic carbocycles. The van der Waals surface area contributed by atoms with E-state index in [2.05, 4.69) is 0 Å². The fraction of sp³-hybridized carbons (Fsp3) is 0.500. The van der Waals surface area contributed by atoms with Gasteiger partial charge in [-0.05, 0) is 12.1 Å². The molecule has 2 nitrogen and oxygen atoms in total.